The zero-order valence-electron chi connectivity index (χ0n) is 12.0. The van der Waals surface area contributed by atoms with Crippen LogP contribution in [-0.2, 0) is 6.42 Å². The molecule has 106 valence electrons. The molecule has 3 unspecified atom stereocenters. The van der Waals surface area contributed by atoms with Crippen LogP contribution in [0.25, 0.3) is 0 Å². The molecule has 2 aliphatic heterocycles. The van der Waals surface area contributed by atoms with Crippen LogP contribution in [0.4, 0.5) is 5.95 Å². The number of aromatic nitrogens is 3. The maximum Gasteiger partial charge on any atom is 0.245 e. The van der Waals surface area contributed by atoms with Gasteiger partial charge < -0.3 is 10.2 Å². The lowest BCUT2D eigenvalue weighted by molar-refractivity contribution is 0.381. The Labute approximate surface area is 115 Å². The normalized spacial score (nSPS) is 28.4. The number of hydrogen-bond acceptors (Lipinski definition) is 4. The highest BCUT2D eigenvalue weighted by Crippen LogP contribution is 2.29. The topological polar surface area (TPSA) is 56.8 Å². The Bertz CT molecular complexity index is 416. The van der Waals surface area contributed by atoms with Crippen molar-refractivity contribution < 1.29 is 0 Å². The maximum atomic E-state index is 4.71. The van der Waals surface area contributed by atoms with Crippen LogP contribution in [0, 0.1) is 11.8 Å². The first-order valence-corrected chi connectivity index (χ1v) is 7.66. The summed E-state index contributed by atoms with van der Waals surface area (Å²) in [7, 11) is 0. The fourth-order valence-corrected chi connectivity index (χ4v) is 3.30. The third-order valence-corrected chi connectivity index (χ3v) is 4.69. The Hall–Kier alpha value is -1.10. The minimum absolute atomic E-state index is 0.598. The molecule has 0 aromatic carbocycles. The van der Waals surface area contributed by atoms with Gasteiger partial charge in [0.05, 0.1) is 0 Å². The van der Waals surface area contributed by atoms with Gasteiger partial charge in [-0.05, 0) is 24.7 Å². The molecule has 0 amide bonds. The minimum atomic E-state index is 0.598. The van der Waals surface area contributed by atoms with Gasteiger partial charge in [-0.1, -0.05) is 20.3 Å². The monoisotopic (exact) mass is 263 g/mol. The summed E-state index contributed by atoms with van der Waals surface area (Å²) in [5.74, 6) is 3.41. The number of H-pyrrole nitrogens is 1. The Morgan fingerprint density at radius 3 is 3.16 bits per heavy atom. The van der Waals surface area contributed by atoms with Gasteiger partial charge in [0.25, 0.3) is 0 Å². The molecule has 1 aromatic rings. The van der Waals surface area contributed by atoms with Crippen molar-refractivity contribution in [3.05, 3.63) is 5.82 Å². The van der Waals surface area contributed by atoms with Gasteiger partial charge in [0.2, 0.25) is 5.95 Å². The van der Waals surface area contributed by atoms with Crippen LogP contribution in [-0.4, -0.2) is 40.9 Å². The number of aromatic amines is 1. The third-order valence-electron chi connectivity index (χ3n) is 4.69. The van der Waals surface area contributed by atoms with Gasteiger partial charge in [-0.15, -0.1) is 5.10 Å². The molecule has 2 saturated heterocycles. The van der Waals surface area contributed by atoms with E-state index in [1.54, 1.807) is 0 Å². The van der Waals surface area contributed by atoms with E-state index in [0.29, 0.717) is 12.0 Å². The summed E-state index contributed by atoms with van der Waals surface area (Å²) in [4.78, 5) is 7.12. The summed E-state index contributed by atoms with van der Waals surface area (Å²) in [6, 6.07) is 0.598. The van der Waals surface area contributed by atoms with Crippen LogP contribution < -0.4 is 10.2 Å². The SMILES string of the molecule is CCC(C)Cc1nc(N2CCCC3CNCC32)n[nH]1. The zero-order chi connectivity index (χ0) is 13.2. The molecule has 3 heterocycles. The van der Waals surface area contributed by atoms with Gasteiger partial charge in [-0.25, -0.2) is 0 Å². The summed E-state index contributed by atoms with van der Waals surface area (Å²) in [5, 5.41) is 11.1. The molecule has 19 heavy (non-hydrogen) atoms. The van der Waals surface area contributed by atoms with E-state index in [-0.39, 0.29) is 0 Å². The van der Waals surface area contributed by atoms with Gasteiger partial charge in [-0.3, -0.25) is 5.10 Å². The largest absolute Gasteiger partial charge is 0.335 e. The van der Waals surface area contributed by atoms with E-state index >= 15 is 0 Å². The average molecular weight is 263 g/mol. The third kappa shape index (κ3) is 2.61. The first-order chi connectivity index (χ1) is 9.28. The Kier molecular flexibility index (Phi) is 3.73. The second-order valence-electron chi connectivity index (χ2n) is 6.12. The fraction of sp³-hybridized carbons (Fsp3) is 0.857. The molecule has 2 aliphatic rings. The number of piperidine rings is 1. The summed E-state index contributed by atoms with van der Waals surface area (Å²) in [5.41, 5.74) is 0. The molecule has 2 N–H and O–H groups in total. The molecule has 0 spiro atoms. The predicted molar refractivity (Wildman–Crippen MR) is 76.3 cm³/mol. The quantitative estimate of drug-likeness (QED) is 0.866. The van der Waals surface area contributed by atoms with E-state index in [2.05, 4.69) is 34.3 Å². The van der Waals surface area contributed by atoms with Crippen LogP contribution >= 0.6 is 0 Å². The standard InChI is InChI=1S/C14H25N5/c1-3-10(2)7-13-16-14(18-17-13)19-6-4-5-11-8-15-9-12(11)19/h10-12,15H,3-9H2,1-2H3,(H,16,17,18). The number of rotatable bonds is 4. The molecular weight excluding hydrogens is 238 g/mol. The van der Waals surface area contributed by atoms with Gasteiger partial charge in [0, 0.05) is 32.1 Å². The van der Waals surface area contributed by atoms with E-state index < -0.39 is 0 Å². The van der Waals surface area contributed by atoms with Crippen molar-refractivity contribution in [1.82, 2.24) is 20.5 Å². The van der Waals surface area contributed by atoms with Crippen molar-refractivity contribution >= 4 is 5.95 Å². The summed E-state index contributed by atoms with van der Waals surface area (Å²) >= 11 is 0. The lowest BCUT2D eigenvalue weighted by Gasteiger charge is -2.36. The van der Waals surface area contributed by atoms with Crippen LogP contribution in [0.1, 0.15) is 38.9 Å². The molecule has 0 saturated carbocycles. The Morgan fingerprint density at radius 2 is 2.32 bits per heavy atom. The lowest BCUT2D eigenvalue weighted by Crippen LogP contribution is -2.45. The van der Waals surface area contributed by atoms with Crippen molar-refractivity contribution in [1.29, 1.82) is 0 Å². The van der Waals surface area contributed by atoms with Gasteiger partial charge >= 0.3 is 0 Å². The van der Waals surface area contributed by atoms with Crippen molar-refractivity contribution in [2.75, 3.05) is 24.5 Å². The molecule has 0 bridgehead atoms. The summed E-state index contributed by atoms with van der Waals surface area (Å²) in [6.45, 7) is 7.83. The van der Waals surface area contributed by atoms with Crippen LogP contribution in [0.2, 0.25) is 0 Å². The van der Waals surface area contributed by atoms with Gasteiger partial charge in [0.1, 0.15) is 5.82 Å². The number of hydrogen-bond donors (Lipinski definition) is 2. The Morgan fingerprint density at radius 1 is 1.42 bits per heavy atom. The first-order valence-electron chi connectivity index (χ1n) is 7.66. The summed E-state index contributed by atoms with van der Waals surface area (Å²) < 4.78 is 0. The highest BCUT2D eigenvalue weighted by molar-refractivity contribution is 5.33. The van der Waals surface area contributed by atoms with E-state index in [4.69, 9.17) is 4.98 Å². The highest BCUT2D eigenvalue weighted by Gasteiger charge is 2.36. The molecule has 0 radical (unpaired) electrons. The van der Waals surface area contributed by atoms with E-state index in [1.807, 2.05) is 0 Å². The fourth-order valence-electron chi connectivity index (χ4n) is 3.30. The smallest absolute Gasteiger partial charge is 0.245 e. The number of nitrogens with zero attached hydrogens (tertiary/aromatic N) is 3. The number of fused-ring (bicyclic) bond motifs is 1. The molecular formula is C14H25N5. The predicted octanol–water partition coefficient (Wildman–Crippen LogP) is 1.58. The van der Waals surface area contributed by atoms with Crippen molar-refractivity contribution in [2.45, 2.75) is 45.6 Å². The molecule has 0 aliphatic carbocycles. The van der Waals surface area contributed by atoms with Crippen LogP contribution in [0.5, 0.6) is 0 Å². The minimum Gasteiger partial charge on any atom is -0.335 e. The van der Waals surface area contributed by atoms with E-state index in [0.717, 1.165) is 43.7 Å². The average Bonchev–Trinajstić information content (AvgIpc) is 3.06. The van der Waals surface area contributed by atoms with Crippen LogP contribution in [0.3, 0.4) is 0 Å². The molecule has 1 aromatic heterocycles. The molecule has 2 fully saturated rings. The van der Waals surface area contributed by atoms with Crippen molar-refractivity contribution in [2.24, 2.45) is 11.8 Å². The summed E-state index contributed by atoms with van der Waals surface area (Å²) in [6.07, 6.45) is 4.80. The lowest BCUT2D eigenvalue weighted by atomic mass is 9.92. The first kappa shape index (κ1) is 12.9. The second kappa shape index (κ2) is 5.49. The van der Waals surface area contributed by atoms with E-state index in [1.165, 1.54) is 19.3 Å². The van der Waals surface area contributed by atoms with Gasteiger partial charge in [0.15, 0.2) is 0 Å². The Balaban J connectivity index is 1.71. The van der Waals surface area contributed by atoms with Gasteiger partial charge in [-0.2, -0.15) is 4.98 Å². The van der Waals surface area contributed by atoms with Crippen molar-refractivity contribution in [3.63, 3.8) is 0 Å². The van der Waals surface area contributed by atoms with E-state index in [9.17, 15) is 0 Å². The second-order valence-corrected chi connectivity index (χ2v) is 6.12. The zero-order valence-corrected chi connectivity index (χ0v) is 12.0. The molecule has 5 nitrogen and oxygen atoms in total. The van der Waals surface area contributed by atoms with Crippen molar-refractivity contribution in [3.8, 4) is 0 Å². The molecule has 3 rings (SSSR count). The highest BCUT2D eigenvalue weighted by atomic mass is 15.4. The molecule has 3 atom stereocenters. The number of anilines is 1. The molecule has 5 heteroatoms. The van der Waals surface area contributed by atoms with Crippen LogP contribution in [0.15, 0.2) is 0 Å². The number of nitrogens with one attached hydrogen (secondary N) is 2. The maximum absolute atomic E-state index is 4.71.